The number of fused-ring (bicyclic) bond motifs is 1. The zero-order valence-electron chi connectivity index (χ0n) is 16.9. The summed E-state index contributed by atoms with van der Waals surface area (Å²) in [5, 5.41) is 5.29. The molecule has 0 aromatic heterocycles. The number of anilines is 1. The van der Waals surface area contributed by atoms with Gasteiger partial charge in [0.15, 0.2) is 6.61 Å². The molecule has 9 nitrogen and oxygen atoms in total. The predicted molar refractivity (Wildman–Crippen MR) is 113 cm³/mol. The molecule has 0 aliphatic carbocycles. The van der Waals surface area contributed by atoms with Crippen LogP contribution >= 0.6 is 11.6 Å². The first-order valence-electron chi connectivity index (χ1n) is 9.99. The van der Waals surface area contributed by atoms with Gasteiger partial charge in [0.25, 0.3) is 5.91 Å². The SMILES string of the molecule is CN(CC(=O)NCCN1CCCCCC1)S(=O)(=O)c1cc2c(cc1Cl)NC(=O)CO2. The number of hydrogen-bond donors (Lipinski definition) is 2. The number of rotatable bonds is 7. The smallest absolute Gasteiger partial charge is 0.262 e. The van der Waals surface area contributed by atoms with E-state index in [0.29, 0.717) is 12.2 Å². The van der Waals surface area contributed by atoms with Gasteiger partial charge in [0, 0.05) is 26.2 Å². The highest BCUT2D eigenvalue weighted by Gasteiger charge is 2.28. The highest BCUT2D eigenvalue weighted by molar-refractivity contribution is 7.89. The van der Waals surface area contributed by atoms with E-state index in [0.717, 1.165) is 23.9 Å². The molecule has 1 aromatic carbocycles. The summed E-state index contributed by atoms with van der Waals surface area (Å²) < 4.78 is 32.0. The molecule has 0 bridgehead atoms. The number of nitrogens with zero attached hydrogens (tertiary/aromatic N) is 2. The molecule has 2 heterocycles. The number of benzene rings is 1. The van der Waals surface area contributed by atoms with E-state index in [9.17, 15) is 18.0 Å². The van der Waals surface area contributed by atoms with Crippen LogP contribution in [0.4, 0.5) is 5.69 Å². The Morgan fingerprint density at radius 2 is 1.97 bits per heavy atom. The van der Waals surface area contributed by atoms with E-state index >= 15 is 0 Å². The fourth-order valence-corrected chi connectivity index (χ4v) is 5.14. The summed E-state index contributed by atoms with van der Waals surface area (Å²) in [5.41, 5.74) is 0.309. The average molecular weight is 459 g/mol. The van der Waals surface area contributed by atoms with Crippen molar-refractivity contribution in [3.8, 4) is 5.75 Å². The van der Waals surface area contributed by atoms with Gasteiger partial charge >= 0.3 is 0 Å². The van der Waals surface area contributed by atoms with Crippen molar-refractivity contribution in [2.45, 2.75) is 30.6 Å². The molecule has 30 heavy (non-hydrogen) atoms. The molecule has 2 amide bonds. The number of ether oxygens (including phenoxy) is 1. The molecular formula is C19H27ClN4O5S. The topological polar surface area (TPSA) is 108 Å². The molecule has 1 saturated heterocycles. The van der Waals surface area contributed by atoms with E-state index in [1.807, 2.05) is 0 Å². The molecular weight excluding hydrogens is 432 g/mol. The first-order chi connectivity index (χ1) is 14.3. The fraction of sp³-hybridized carbons (Fsp3) is 0.579. The van der Waals surface area contributed by atoms with Crippen LogP contribution in [0, 0.1) is 0 Å². The van der Waals surface area contributed by atoms with Crippen LogP contribution in [-0.2, 0) is 19.6 Å². The van der Waals surface area contributed by atoms with Gasteiger partial charge in [-0.3, -0.25) is 9.59 Å². The number of nitrogens with one attached hydrogen (secondary N) is 2. The van der Waals surface area contributed by atoms with Crippen molar-refractivity contribution in [2.75, 3.05) is 51.7 Å². The van der Waals surface area contributed by atoms with Crippen LogP contribution in [0.25, 0.3) is 0 Å². The van der Waals surface area contributed by atoms with Gasteiger partial charge < -0.3 is 20.3 Å². The zero-order chi connectivity index (χ0) is 21.7. The lowest BCUT2D eigenvalue weighted by molar-refractivity contribution is -0.121. The summed E-state index contributed by atoms with van der Waals surface area (Å²) in [5.74, 6) is -0.510. The van der Waals surface area contributed by atoms with Gasteiger partial charge in [0.2, 0.25) is 15.9 Å². The number of halogens is 1. The Morgan fingerprint density at radius 1 is 1.27 bits per heavy atom. The summed E-state index contributed by atoms with van der Waals surface area (Å²) in [6, 6.07) is 2.59. The van der Waals surface area contributed by atoms with Crippen molar-refractivity contribution in [2.24, 2.45) is 0 Å². The third kappa shape index (κ3) is 5.63. The van der Waals surface area contributed by atoms with E-state index in [2.05, 4.69) is 15.5 Å². The Kier molecular flexibility index (Phi) is 7.56. The first kappa shape index (κ1) is 22.8. The highest BCUT2D eigenvalue weighted by Crippen LogP contribution is 2.36. The monoisotopic (exact) mass is 458 g/mol. The minimum absolute atomic E-state index is 0.0621. The van der Waals surface area contributed by atoms with E-state index in [1.54, 1.807) is 0 Å². The first-order valence-corrected chi connectivity index (χ1v) is 11.8. The van der Waals surface area contributed by atoms with Gasteiger partial charge in [-0.05, 0) is 32.0 Å². The lowest BCUT2D eigenvalue weighted by Gasteiger charge is -2.22. The lowest BCUT2D eigenvalue weighted by atomic mass is 10.2. The molecule has 0 atom stereocenters. The van der Waals surface area contributed by atoms with Gasteiger partial charge in [-0.25, -0.2) is 8.42 Å². The number of carbonyl (C=O) groups excluding carboxylic acids is 2. The minimum Gasteiger partial charge on any atom is -0.482 e. The molecule has 11 heteroatoms. The third-order valence-electron chi connectivity index (χ3n) is 5.17. The molecule has 166 valence electrons. The van der Waals surface area contributed by atoms with Gasteiger partial charge in [-0.2, -0.15) is 4.31 Å². The van der Waals surface area contributed by atoms with Crippen LogP contribution in [0.2, 0.25) is 5.02 Å². The Labute approximate surface area is 181 Å². The molecule has 2 aliphatic rings. The number of likely N-dealkylation sites (tertiary alicyclic amines) is 1. The summed E-state index contributed by atoms with van der Waals surface area (Å²) in [6.45, 7) is 2.76. The van der Waals surface area contributed by atoms with Crippen molar-refractivity contribution in [3.63, 3.8) is 0 Å². The third-order valence-corrected chi connectivity index (χ3v) is 7.44. The number of carbonyl (C=O) groups is 2. The molecule has 0 radical (unpaired) electrons. The molecule has 1 aromatic rings. The Balaban J connectivity index is 1.58. The quantitative estimate of drug-likeness (QED) is 0.637. The van der Waals surface area contributed by atoms with E-state index in [-0.39, 0.29) is 40.6 Å². The fourth-order valence-electron chi connectivity index (χ4n) is 3.50. The van der Waals surface area contributed by atoms with Crippen LogP contribution in [0.1, 0.15) is 25.7 Å². The minimum atomic E-state index is -4.02. The van der Waals surface area contributed by atoms with Crippen molar-refractivity contribution in [3.05, 3.63) is 17.2 Å². The van der Waals surface area contributed by atoms with Crippen molar-refractivity contribution in [1.29, 1.82) is 0 Å². The number of likely N-dealkylation sites (N-methyl/N-ethyl adjacent to an activating group) is 1. The van der Waals surface area contributed by atoms with Crippen molar-refractivity contribution in [1.82, 2.24) is 14.5 Å². The molecule has 0 spiro atoms. The summed E-state index contributed by atoms with van der Waals surface area (Å²) in [6.07, 6.45) is 4.83. The van der Waals surface area contributed by atoms with Crippen LogP contribution < -0.4 is 15.4 Å². The summed E-state index contributed by atoms with van der Waals surface area (Å²) in [4.78, 5) is 25.8. The van der Waals surface area contributed by atoms with Crippen LogP contribution in [0.15, 0.2) is 17.0 Å². The average Bonchev–Trinajstić information content (AvgIpc) is 2.96. The van der Waals surface area contributed by atoms with Gasteiger partial charge in [-0.15, -0.1) is 0 Å². The normalized spacial score (nSPS) is 17.6. The second-order valence-electron chi connectivity index (χ2n) is 7.48. The van der Waals surface area contributed by atoms with Gasteiger partial charge in [0.05, 0.1) is 17.3 Å². The number of hydrogen-bond acceptors (Lipinski definition) is 6. The van der Waals surface area contributed by atoms with E-state index < -0.39 is 10.0 Å². The maximum atomic E-state index is 12.9. The molecule has 3 rings (SSSR count). The summed E-state index contributed by atoms with van der Waals surface area (Å²) >= 11 is 6.14. The number of amides is 2. The van der Waals surface area contributed by atoms with E-state index in [4.69, 9.17) is 16.3 Å². The second kappa shape index (κ2) is 9.95. The van der Waals surface area contributed by atoms with Crippen molar-refractivity contribution >= 4 is 39.1 Å². The molecule has 2 aliphatic heterocycles. The predicted octanol–water partition coefficient (Wildman–Crippen LogP) is 1.28. The van der Waals surface area contributed by atoms with Crippen LogP contribution in [0.3, 0.4) is 0 Å². The highest BCUT2D eigenvalue weighted by atomic mass is 35.5. The lowest BCUT2D eigenvalue weighted by Crippen LogP contribution is -2.41. The van der Waals surface area contributed by atoms with Crippen LogP contribution in [0.5, 0.6) is 5.75 Å². The van der Waals surface area contributed by atoms with E-state index in [1.165, 1.54) is 44.9 Å². The Hall–Kier alpha value is -1.88. The standard InChI is InChI=1S/C19H27ClN4O5S/c1-23(12-18(25)21-6-9-24-7-4-2-3-5-8-24)30(27,28)17-11-16-15(10-14(17)20)22-19(26)13-29-16/h10-11H,2-9,12-13H2,1H3,(H,21,25)(H,22,26). The largest absolute Gasteiger partial charge is 0.482 e. The van der Waals surface area contributed by atoms with Gasteiger partial charge in [-0.1, -0.05) is 24.4 Å². The maximum absolute atomic E-state index is 12.9. The van der Waals surface area contributed by atoms with Crippen molar-refractivity contribution < 1.29 is 22.7 Å². The Morgan fingerprint density at radius 3 is 2.67 bits per heavy atom. The molecule has 2 N–H and O–H groups in total. The molecule has 1 fully saturated rings. The Bertz CT molecular complexity index is 900. The van der Waals surface area contributed by atoms with Gasteiger partial charge in [0.1, 0.15) is 10.6 Å². The van der Waals surface area contributed by atoms with Crippen LogP contribution in [-0.4, -0.2) is 75.8 Å². The molecule has 0 saturated carbocycles. The number of sulfonamides is 1. The zero-order valence-corrected chi connectivity index (χ0v) is 18.5. The second-order valence-corrected chi connectivity index (χ2v) is 9.90. The summed E-state index contributed by atoms with van der Waals surface area (Å²) in [7, 11) is -2.70. The molecule has 0 unspecified atom stereocenters. The maximum Gasteiger partial charge on any atom is 0.262 e.